The first-order valence-electron chi connectivity index (χ1n) is 8.90. The van der Waals surface area contributed by atoms with Crippen LogP contribution in [0.1, 0.15) is 33.0 Å². The molecular weight excluding hydrogens is 366 g/mol. The van der Waals surface area contributed by atoms with Crippen LogP contribution in [0.15, 0.2) is 29.4 Å². The quantitative estimate of drug-likeness (QED) is 0.705. The van der Waals surface area contributed by atoms with Crippen LogP contribution in [0.3, 0.4) is 0 Å². The van der Waals surface area contributed by atoms with E-state index in [4.69, 9.17) is 4.74 Å². The average molecular weight is 389 g/mol. The van der Waals surface area contributed by atoms with E-state index in [0.29, 0.717) is 24.1 Å². The first-order chi connectivity index (χ1) is 13.0. The number of carbonyl (C=O) groups is 2. The van der Waals surface area contributed by atoms with Gasteiger partial charge in [0, 0.05) is 29.8 Å². The van der Waals surface area contributed by atoms with Crippen LogP contribution in [0.5, 0.6) is 5.75 Å². The first kappa shape index (κ1) is 19.2. The van der Waals surface area contributed by atoms with Crippen LogP contribution in [-0.4, -0.2) is 44.6 Å². The number of benzene rings is 1. The molecule has 2 N–H and O–H groups in total. The van der Waals surface area contributed by atoms with Gasteiger partial charge in [-0.25, -0.2) is 4.79 Å². The van der Waals surface area contributed by atoms with Gasteiger partial charge in [-0.05, 0) is 31.2 Å². The second-order valence-electron chi connectivity index (χ2n) is 6.45. The number of carbonyl (C=O) groups excluding carboxylic acids is 2. The van der Waals surface area contributed by atoms with Crippen LogP contribution < -0.4 is 15.4 Å². The van der Waals surface area contributed by atoms with Gasteiger partial charge >= 0.3 is 6.03 Å². The zero-order chi connectivity index (χ0) is 19.4. The second-order valence-corrected chi connectivity index (χ2v) is 8.00. The van der Waals surface area contributed by atoms with Crippen molar-refractivity contribution >= 4 is 23.7 Å². The van der Waals surface area contributed by atoms with Crippen molar-refractivity contribution < 1.29 is 14.3 Å². The zero-order valence-electron chi connectivity index (χ0n) is 15.6. The van der Waals surface area contributed by atoms with E-state index in [1.807, 2.05) is 35.8 Å². The molecule has 0 spiro atoms. The molecule has 3 amide bonds. The predicted molar refractivity (Wildman–Crippen MR) is 102 cm³/mol. The third-order valence-corrected chi connectivity index (χ3v) is 4.84. The summed E-state index contributed by atoms with van der Waals surface area (Å²) in [7, 11) is 0. The van der Waals surface area contributed by atoms with E-state index in [2.05, 4.69) is 34.7 Å². The molecule has 144 valence electrons. The molecular formula is C18H23N5O3S. The van der Waals surface area contributed by atoms with Gasteiger partial charge < -0.3 is 10.1 Å². The number of thioether (sulfide) groups is 1. The Bertz CT molecular complexity index is 803. The summed E-state index contributed by atoms with van der Waals surface area (Å²) in [6, 6.07) is 6.93. The van der Waals surface area contributed by atoms with Crippen LogP contribution in [0.4, 0.5) is 4.79 Å². The van der Waals surface area contributed by atoms with Crippen molar-refractivity contribution in [2.24, 2.45) is 0 Å². The molecule has 1 aliphatic rings. The Balaban J connectivity index is 1.90. The molecule has 1 aromatic carbocycles. The number of rotatable bonds is 7. The van der Waals surface area contributed by atoms with Crippen LogP contribution in [-0.2, 0) is 11.2 Å². The van der Waals surface area contributed by atoms with Gasteiger partial charge in [0.05, 0.1) is 6.61 Å². The summed E-state index contributed by atoms with van der Waals surface area (Å²) in [5.41, 5.74) is 0.910. The highest BCUT2D eigenvalue weighted by atomic mass is 32.2. The average Bonchev–Trinajstić information content (AvgIpc) is 2.96. The Morgan fingerprint density at radius 2 is 2.00 bits per heavy atom. The molecule has 0 bridgehead atoms. The first-order valence-corrected chi connectivity index (χ1v) is 9.78. The Labute approximate surface area is 162 Å². The predicted octanol–water partition coefficient (Wildman–Crippen LogP) is 2.31. The minimum atomic E-state index is -0.472. The smallest absolute Gasteiger partial charge is 0.321 e. The molecule has 2 aromatic rings. The monoisotopic (exact) mass is 389 g/mol. The molecule has 27 heavy (non-hydrogen) atoms. The number of ether oxygens (including phenoxy) is 1. The summed E-state index contributed by atoms with van der Waals surface area (Å²) in [6.07, 6.45) is 0.632. The van der Waals surface area contributed by atoms with Gasteiger partial charge in [-0.15, -0.1) is 10.2 Å². The highest BCUT2D eigenvalue weighted by Gasteiger charge is 2.27. The largest absolute Gasteiger partial charge is 0.494 e. The molecule has 1 atom stereocenters. The number of imide groups is 1. The Morgan fingerprint density at radius 3 is 2.63 bits per heavy atom. The maximum atomic E-state index is 11.6. The van der Waals surface area contributed by atoms with Crippen molar-refractivity contribution in [3.63, 3.8) is 0 Å². The van der Waals surface area contributed by atoms with Crippen molar-refractivity contribution in [3.8, 4) is 11.4 Å². The number of hydrogen-bond acceptors (Lipinski definition) is 6. The van der Waals surface area contributed by atoms with Crippen molar-refractivity contribution in [2.75, 3.05) is 6.61 Å². The molecule has 1 aromatic heterocycles. The van der Waals surface area contributed by atoms with E-state index in [9.17, 15) is 9.59 Å². The van der Waals surface area contributed by atoms with Gasteiger partial charge in [0.2, 0.25) is 5.91 Å². The molecule has 8 nitrogen and oxygen atoms in total. The fraction of sp³-hybridized carbons (Fsp3) is 0.444. The lowest BCUT2D eigenvalue weighted by Crippen LogP contribution is -2.53. The van der Waals surface area contributed by atoms with Crippen molar-refractivity contribution in [2.45, 2.75) is 50.1 Å². The fourth-order valence-corrected chi connectivity index (χ4v) is 3.68. The van der Waals surface area contributed by atoms with Gasteiger partial charge in [-0.3, -0.25) is 14.7 Å². The fourth-order valence-electron chi connectivity index (χ4n) is 2.85. The molecule has 0 radical (unpaired) electrons. The number of nitrogens with zero attached hydrogens (tertiary/aromatic N) is 3. The third-order valence-electron chi connectivity index (χ3n) is 3.90. The van der Waals surface area contributed by atoms with E-state index in [1.54, 1.807) is 11.8 Å². The standard InChI is InChI=1S/C18H23N5O3S/c1-4-26-14-7-5-13(6-8-14)23-15(21-22-18(23)27-11(2)3)9-12-10-16(24)20-17(25)19-12/h5-8,11-12H,4,9-10H2,1-3H3,(H2,19,20,24,25). The summed E-state index contributed by atoms with van der Waals surface area (Å²) in [5.74, 6) is 1.21. The Kier molecular flexibility index (Phi) is 6.00. The number of aromatic nitrogens is 3. The number of amides is 3. The molecule has 1 saturated heterocycles. The lowest BCUT2D eigenvalue weighted by Gasteiger charge is -2.23. The summed E-state index contributed by atoms with van der Waals surface area (Å²) in [4.78, 5) is 23.2. The zero-order valence-corrected chi connectivity index (χ0v) is 16.4. The molecule has 9 heteroatoms. The van der Waals surface area contributed by atoms with Crippen LogP contribution >= 0.6 is 11.8 Å². The molecule has 1 fully saturated rings. The van der Waals surface area contributed by atoms with Gasteiger partial charge in [0.25, 0.3) is 0 Å². The SMILES string of the molecule is CCOc1ccc(-n2c(CC3CC(=O)NC(=O)N3)nnc2SC(C)C)cc1. The van der Waals surface area contributed by atoms with Crippen molar-refractivity contribution in [1.29, 1.82) is 0 Å². The lowest BCUT2D eigenvalue weighted by atomic mass is 10.1. The molecule has 0 saturated carbocycles. The van der Waals surface area contributed by atoms with E-state index >= 15 is 0 Å². The summed E-state index contributed by atoms with van der Waals surface area (Å²) >= 11 is 1.61. The molecule has 3 rings (SSSR count). The topological polar surface area (TPSA) is 98.1 Å². The van der Waals surface area contributed by atoms with Crippen LogP contribution in [0.2, 0.25) is 0 Å². The van der Waals surface area contributed by atoms with Crippen LogP contribution in [0, 0.1) is 0 Å². The van der Waals surface area contributed by atoms with Gasteiger partial charge in [0.15, 0.2) is 5.16 Å². The Morgan fingerprint density at radius 1 is 1.26 bits per heavy atom. The minimum absolute atomic E-state index is 0.217. The van der Waals surface area contributed by atoms with E-state index < -0.39 is 6.03 Å². The van der Waals surface area contributed by atoms with Crippen LogP contribution in [0.25, 0.3) is 5.69 Å². The van der Waals surface area contributed by atoms with E-state index in [1.165, 1.54) is 0 Å². The third kappa shape index (κ3) is 4.79. The minimum Gasteiger partial charge on any atom is -0.494 e. The maximum Gasteiger partial charge on any atom is 0.321 e. The maximum absolute atomic E-state index is 11.6. The molecule has 2 heterocycles. The summed E-state index contributed by atoms with van der Waals surface area (Å²) < 4.78 is 7.48. The summed E-state index contributed by atoms with van der Waals surface area (Å²) in [6.45, 7) is 6.73. The molecule has 1 aliphatic heterocycles. The van der Waals surface area contributed by atoms with Gasteiger partial charge in [-0.1, -0.05) is 25.6 Å². The second kappa shape index (κ2) is 8.43. The van der Waals surface area contributed by atoms with Gasteiger partial charge in [-0.2, -0.15) is 0 Å². The van der Waals surface area contributed by atoms with Crippen molar-refractivity contribution in [3.05, 3.63) is 30.1 Å². The Hall–Kier alpha value is -2.55. The summed E-state index contributed by atoms with van der Waals surface area (Å²) in [5, 5.41) is 14.8. The number of hydrogen-bond donors (Lipinski definition) is 2. The number of nitrogens with one attached hydrogen (secondary N) is 2. The highest BCUT2D eigenvalue weighted by molar-refractivity contribution is 7.99. The highest BCUT2D eigenvalue weighted by Crippen LogP contribution is 2.27. The van der Waals surface area contributed by atoms with Crippen molar-refractivity contribution in [1.82, 2.24) is 25.4 Å². The molecule has 1 unspecified atom stereocenters. The number of urea groups is 1. The van der Waals surface area contributed by atoms with E-state index in [-0.39, 0.29) is 18.4 Å². The van der Waals surface area contributed by atoms with Gasteiger partial charge in [0.1, 0.15) is 11.6 Å². The van der Waals surface area contributed by atoms with E-state index in [0.717, 1.165) is 16.6 Å². The normalized spacial score (nSPS) is 17.0. The lowest BCUT2D eigenvalue weighted by molar-refractivity contribution is -0.121. The molecule has 0 aliphatic carbocycles.